The van der Waals surface area contributed by atoms with Crippen molar-refractivity contribution < 1.29 is 14.6 Å². The average Bonchev–Trinajstić information content (AvgIpc) is 2.26. The van der Waals surface area contributed by atoms with Crippen LogP contribution >= 0.6 is 0 Å². The van der Waals surface area contributed by atoms with E-state index in [1.807, 2.05) is 12.1 Å². The van der Waals surface area contributed by atoms with E-state index >= 15 is 0 Å². The molecule has 1 aliphatic rings. The highest BCUT2D eigenvalue weighted by molar-refractivity contribution is 5.70. The Hall–Kier alpha value is -1.71. The fourth-order valence-electron chi connectivity index (χ4n) is 1.96. The van der Waals surface area contributed by atoms with Gasteiger partial charge in [-0.1, -0.05) is 6.92 Å². The molecule has 1 heterocycles. The van der Waals surface area contributed by atoms with Gasteiger partial charge in [-0.2, -0.15) is 0 Å². The van der Waals surface area contributed by atoms with Crippen molar-refractivity contribution in [2.45, 2.75) is 13.3 Å². The number of carboxylic acid groups (broad SMARTS) is 1. The number of fused-ring (bicyclic) bond motifs is 1. The van der Waals surface area contributed by atoms with E-state index in [2.05, 4.69) is 0 Å². The number of ether oxygens (including phenoxy) is 1. The molecule has 0 saturated heterocycles. The van der Waals surface area contributed by atoms with Crippen LogP contribution in [0.3, 0.4) is 0 Å². The maximum atomic E-state index is 10.9. The lowest BCUT2D eigenvalue weighted by atomic mass is 9.86. The molecule has 2 unspecified atom stereocenters. The number of carboxylic acids is 1. The van der Waals surface area contributed by atoms with Gasteiger partial charge in [0.05, 0.1) is 12.5 Å². The highest BCUT2D eigenvalue weighted by Crippen LogP contribution is 2.31. The molecule has 1 aromatic rings. The Labute approximate surface area is 94.0 Å². The standard InChI is InChI=1S/C12H15NO3/c1-7(12(14)15)9-4-8-5-10(13)2-3-11(8)16-6-9/h2-3,5,7,9H,4,6,13H2,1H3,(H,14,15). The van der Waals surface area contributed by atoms with Gasteiger partial charge in [0.2, 0.25) is 0 Å². The zero-order valence-corrected chi connectivity index (χ0v) is 9.14. The highest BCUT2D eigenvalue weighted by atomic mass is 16.5. The summed E-state index contributed by atoms with van der Waals surface area (Å²) < 4.78 is 5.54. The minimum atomic E-state index is -0.777. The third-order valence-corrected chi connectivity index (χ3v) is 3.12. The van der Waals surface area contributed by atoms with Crippen molar-refractivity contribution in [2.75, 3.05) is 12.3 Å². The Kier molecular flexibility index (Phi) is 2.73. The quantitative estimate of drug-likeness (QED) is 0.743. The summed E-state index contributed by atoms with van der Waals surface area (Å²) in [4.78, 5) is 10.9. The summed E-state index contributed by atoms with van der Waals surface area (Å²) in [5, 5.41) is 8.96. The van der Waals surface area contributed by atoms with E-state index < -0.39 is 11.9 Å². The van der Waals surface area contributed by atoms with Gasteiger partial charge in [0.1, 0.15) is 5.75 Å². The van der Waals surface area contributed by atoms with E-state index in [4.69, 9.17) is 15.6 Å². The van der Waals surface area contributed by atoms with Crippen LogP contribution < -0.4 is 10.5 Å². The molecular formula is C12H15NO3. The summed E-state index contributed by atoms with van der Waals surface area (Å²) in [7, 11) is 0. The number of rotatable bonds is 2. The number of nitrogen functional groups attached to an aromatic ring is 1. The van der Waals surface area contributed by atoms with Crippen LogP contribution in [0.2, 0.25) is 0 Å². The first kappa shape index (κ1) is 10.8. The topological polar surface area (TPSA) is 72.5 Å². The first-order chi connectivity index (χ1) is 7.58. The lowest BCUT2D eigenvalue weighted by Crippen LogP contribution is -2.30. The molecule has 0 aliphatic carbocycles. The number of carbonyl (C=O) groups is 1. The molecule has 0 spiro atoms. The molecule has 0 amide bonds. The van der Waals surface area contributed by atoms with Crippen LogP contribution in [-0.2, 0) is 11.2 Å². The molecule has 1 aliphatic heterocycles. The van der Waals surface area contributed by atoms with E-state index in [1.165, 1.54) is 0 Å². The largest absolute Gasteiger partial charge is 0.493 e. The Balaban J connectivity index is 2.19. The molecule has 0 radical (unpaired) electrons. The Morgan fingerprint density at radius 2 is 2.38 bits per heavy atom. The molecule has 0 fully saturated rings. The summed E-state index contributed by atoms with van der Waals surface area (Å²) >= 11 is 0. The number of hydrogen-bond donors (Lipinski definition) is 2. The molecule has 2 rings (SSSR count). The van der Waals surface area contributed by atoms with Crippen LogP contribution in [0.5, 0.6) is 5.75 Å². The molecule has 0 bridgehead atoms. The second kappa shape index (κ2) is 4.04. The Morgan fingerprint density at radius 1 is 1.62 bits per heavy atom. The van der Waals surface area contributed by atoms with Gasteiger partial charge in [-0.3, -0.25) is 4.79 Å². The molecule has 4 nitrogen and oxygen atoms in total. The van der Waals surface area contributed by atoms with Gasteiger partial charge in [0.25, 0.3) is 0 Å². The number of hydrogen-bond acceptors (Lipinski definition) is 3. The zero-order chi connectivity index (χ0) is 11.7. The van der Waals surface area contributed by atoms with Gasteiger partial charge < -0.3 is 15.6 Å². The first-order valence-electron chi connectivity index (χ1n) is 5.32. The fourth-order valence-corrected chi connectivity index (χ4v) is 1.96. The fraction of sp³-hybridized carbons (Fsp3) is 0.417. The zero-order valence-electron chi connectivity index (χ0n) is 9.14. The van der Waals surface area contributed by atoms with E-state index in [0.717, 1.165) is 11.3 Å². The van der Waals surface area contributed by atoms with Crippen molar-refractivity contribution in [1.29, 1.82) is 0 Å². The Morgan fingerprint density at radius 3 is 3.06 bits per heavy atom. The molecule has 3 N–H and O–H groups in total. The predicted octanol–water partition coefficient (Wildman–Crippen LogP) is 1.54. The van der Waals surface area contributed by atoms with Crippen molar-refractivity contribution >= 4 is 11.7 Å². The molecule has 86 valence electrons. The molecule has 16 heavy (non-hydrogen) atoms. The van der Waals surface area contributed by atoms with E-state index in [-0.39, 0.29) is 5.92 Å². The van der Waals surface area contributed by atoms with E-state index in [1.54, 1.807) is 13.0 Å². The minimum absolute atomic E-state index is 0.0202. The number of anilines is 1. The van der Waals surface area contributed by atoms with Crippen LogP contribution in [0.15, 0.2) is 18.2 Å². The smallest absolute Gasteiger partial charge is 0.306 e. The van der Waals surface area contributed by atoms with Gasteiger partial charge in [0, 0.05) is 11.6 Å². The van der Waals surface area contributed by atoms with Gasteiger partial charge in [-0.25, -0.2) is 0 Å². The van der Waals surface area contributed by atoms with Crippen LogP contribution in [0, 0.1) is 11.8 Å². The van der Waals surface area contributed by atoms with Crippen molar-refractivity contribution in [2.24, 2.45) is 11.8 Å². The summed E-state index contributed by atoms with van der Waals surface area (Å²) in [6.45, 7) is 2.18. The van der Waals surface area contributed by atoms with Crippen LogP contribution in [0.1, 0.15) is 12.5 Å². The highest BCUT2D eigenvalue weighted by Gasteiger charge is 2.28. The molecule has 0 aromatic heterocycles. The van der Waals surface area contributed by atoms with E-state index in [0.29, 0.717) is 18.7 Å². The predicted molar refractivity (Wildman–Crippen MR) is 60.3 cm³/mol. The molecular weight excluding hydrogens is 206 g/mol. The monoisotopic (exact) mass is 221 g/mol. The van der Waals surface area contributed by atoms with Crippen LogP contribution in [0.4, 0.5) is 5.69 Å². The summed E-state index contributed by atoms with van der Waals surface area (Å²) in [6, 6.07) is 5.49. The van der Waals surface area contributed by atoms with Gasteiger partial charge in [-0.15, -0.1) is 0 Å². The third kappa shape index (κ3) is 1.96. The van der Waals surface area contributed by atoms with Crippen molar-refractivity contribution in [1.82, 2.24) is 0 Å². The van der Waals surface area contributed by atoms with Gasteiger partial charge in [0.15, 0.2) is 0 Å². The van der Waals surface area contributed by atoms with Crippen molar-refractivity contribution in [3.05, 3.63) is 23.8 Å². The summed E-state index contributed by atoms with van der Waals surface area (Å²) in [6.07, 6.45) is 0.716. The maximum Gasteiger partial charge on any atom is 0.306 e. The molecule has 4 heteroatoms. The molecule has 0 saturated carbocycles. The summed E-state index contributed by atoms with van der Waals surface area (Å²) in [5.41, 5.74) is 7.38. The van der Waals surface area contributed by atoms with Crippen LogP contribution in [0.25, 0.3) is 0 Å². The SMILES string of the molecule is CC(C(=O)O)C1COc2ccc(N)cc2C1. The van der Waals surface area contributed by atoms with Crippen LogP contribution in [-0.4, -0.2) is 17.7 Å². The second-order valence-electron chi connectivity index (χ2n) is 4.27. The lowest BCUT2D eigenvalue weighted by molar-refractivity contribution is -0.143. The average molecular weight is 221 g/mol. The minimum Gasteiger partial charge on any atom is -0.493 e. The summed E-state index contributed by atoms with van der Waals surface area (Å²) in [5.74, 6) is -0.328. The van der Waals surface area contributed by atoms with E-state index in [9.17, 15) is 4.79 Å². The van der Waals surface area contributed by atoms with Gasteiger partial charge in [-0.05, 0) is 30.2 Å². The number of aliphatic carboxylic acids is 1. The number of benzene rings is 1. The van der Waals surface area contributed by atoms with Crippen molar-refractivity contribution in [3.63, 3.8) is 0 Å². The van der Waals surface area contributed by atoms with Gasteiger partial charge >= 0.3 is 5.97 Å². The Bertz CT molecular complexity index is 417. The molecule has 2 atom stereocenters. The first-order valence-corrected chi connectivity index (χ1v) is 5.32. The van der Waals surface area contributed by atoms with Crippen molar-refractivity contribution in [3.8, 4) is 5.75 Å². The molecule has 1 aromatic carbocycles. The normalized spacial score (nSPS) is 20.7. The number of nitrogens with two attached hydrogens (primary N) is 1. The lowest BCUT2D eigenvalue weighted by Gasteiger charge is -2.27. The second-order valence-corrected chi connectivity index (χ2v) is 4.27. The third-order valence-electron chi connectivity index (χ3n) is 3.12. The maximum absolute atomic E-state index is 10.9.